The highest BCUT2D eigenvalue weighted by molar-refractivity contribution is 5.95. The maximum absolute atomic E-state index is 12.9. The Balaban J connectivity index is 1.36. The summed E-state index contributed by atoms with van der Waals surface area (Å²) in [5, 5.41) is 19.7. The fourth-order valence-corrected chi connectivity index (χ4v) is 4.69. The molecule has 1 amide bonds. The Hall–Kier alpha value is -4.67. The van der Waals surface area contributed by atoms with Crippen LogP contribution in [-0.2, 0) is 9.59 Å². The van der Waals surface area contributed by atoms with Crippen molar-refractivity contribution >= 4 is 29.1 Å². The average Bonchev–Trinajstić information content (AvgIpc) is 3.30. The highest BCUT2D eigenvalue weighted by Crippen LogP contribution is 2.34. The van der Waals surface area contributed by atoms with Gasteiger partial charge in [0, 0.05) is 18.0 Å². The number of anilines is 3. The molecule has 5 rings (SSSR count). The quantitative estimate of drug-likeness (QED) is 0.314. The van der Waals surface area contributed by atoms with E-state index in [1.54, 1.807) is 50.8 Å². The minimum Gasteiger partial charge on any atom is -0.481 e. The Morgan fingerprint density at radius 3 is 2.42 bits per heavy atom. The van der Waals surface area contributed by atoms with E-state index in [-0.39, 0.29) is 5.91 Å². The first-order chi connectivity index (χ1) is 18.4. The number of nitrogens with zero attached hydrogens (tertiary/aromatic N) is 5. The van der Waals surface area contributed by atoms with Crippen molar-refractivity contribution in [1.82, 2.24) is 25.1 Å². The van der Waals surface area contributed by atoms with Crippen LogP contribution in [0.15, 0.2) is 53.6 Å². The highest BCUT2D eigenvalue weighted by atomic mass is 16.5. The smallest absolute Gasteiger partial charge is 0.307 e. The lowest BCUT2D eigenvalue weighted by atomic mass is 9.78. The summed E-state index contributed by atoms with van der Waals surface area (Å²) in [6, 6.07) is 7.17. The first-order valence-corrected chi connectivity index (χ1v) is 12.4. The Morgan fingerprint density at radius 1 is 0.921 bits per heavy atom. The first-order valence-electron chi connectivity index (χ1n) is 12.4. The van der Waals surface area contributed by atoms with Gasteiger partial charge in [-0.1, -0.05) is 18.0 Å². The van der Waals surface area contributed by atoms with Crippen LogP contribution in [0.5, 0.6) is 0 Å². The van der Waals surface area contributed by atoms with Gasteiger partial charge in [0.05, 0.1) is 41.3 Å². The van der Waals surface area contributed by atoms with Gasteiger partial charge in [0.25, 0.3) is 0 Å². The second-order valence-corrected chi connectivity index (χ2v) is 9.28. The minimum atomic E-state index is -0.924. The number of pyridine rings is 2. The fraction of sp³-hybridized carbons (Fsp3) is 0.296. The SMILES string of the molecule is Cc1nc(-c2onc(C)c2Nc2cncc(-c3ccncc3)n2)ccc1NC(=O)C1CCCCC1C(=O)O. The molecule has 0 aliphatic heterocycles. The summed E-state index contributed by atoms with van der Waals surface area (Å²) >= 11 is 0. The molecule has 0 saturated heterocycles. The van der Waals surface area contributed by atoms with Gasteiger partial charge in [-0.15, -0.1) is 0 Å². The Bertz CT molecular complexity index is 1470. The molecule has 0 aromatic carbocycles. The summed E-state index contributed by atoms with van der Waals surface area (Å²) in [6.07, 6.45) is 9.40. The molecular formula is C27H27N7O4. The Kier molecular flexibility index (Phi) is 7.07. The number of aliphatic carboxylic acids is 1. The van der Waals surface area contributed by atoms with E-state index >= 15 is 0 Å². The molecule has 2 atom stereocenters. The second-order valence-electron chi connectivity index (χ2n) is 9.28. The zero-order valence-corrected chi connectivity index (χ0v) is 21.0. The Labute approximate surface area is 218 Å². The van der Waals surface area contributed by atoms with Crippen LogP contribution in [0.1, 0.15) is 37.1 Å². The van der Waals surface area contributed by atoms with Gasteiger partial charge < -0.3 is 20.3 Å². The number of carboxylic acid groups (broad SMARTS) is 1. The summed E-state index contributed by atoms with van der Waals surface area (Å²) in [5.74, 6) is -1.52. The number of carbonyl (C=O) groups excluding carboxylic acids is 1. The van der Waals surface area contributed by atoms with E-state index in [1.165, 1.54) is 0 Å². The molecule has 4 aromatic rings. The number of aryl methyl sites for hydroxylation is 2. The predicted octanol–water partition coefficient (Wildman–Crippen LogP) is 4.78. The lowest BCUT2D eigenvalue weighted by molar-refractivity contribution is -0.147. The summed E-state index contributed by atoms with van der Waals surface area (Å²) in [7, 11) is 0. The molecule has 0 radical (unpaired) electrons. The number of carboxylic acids is 1. The summed E-state index contributed by atoms with van der Waals surface area (Å²) in [4.78, 5) is 42.1. The molecule has 2 unspecified atom stereocenters. The number of carbonyl (C=O) groups is 2. The van der Waals surface area contributed by atoms with E-state index < -0.39 is 17.8 Å². The number of aromatic nitrogens is 5. The molecule has 11 heteroatoms. The number of rotatable bonds is 7. The van der Waals surface area contributed by atoms with Crippen LogP contribution in [0.2, 0.25) is 0 Å². The molecule has 38 heavy (non-hydrogen) atoms. The van der Waals surface area contributed by atoms with Gasteiger partial charge in [0.2, 0.25) is 11.7 Å². The maximum Gasteiger partial charge on any atom is 0.307 e. The fourth-order valence-electron chi connectivity index (χ4n) is 4.69. The summed E-state index contributed by atoms with van der Waals surface area (Å²) < 4.78 is 5.60. The van der Waals surface area contributed by atoms with Crippen molar-refractivity contribution in [3.05, 3.63) is 60.4 Å². The number of amides is 1. The van der Waals surface area contributed by atoms with Crippen molar-refractivity contribution in [1.29, 1.82) is 0 Å². The summed E-state index contributed by atoms with van der Waals surface area (Å²) in [5.41, 5.74) is 4.39. The number of hydrogen-bond acceptors (Lipinski definition) is 9. The zero-order chi connectivity index (χ0) is 26.6. The minimum absolute atomic E-state index is 0.291. The predicted molar refractivity (Wildman–Crippen MR) is 139 cm³/mol. The molecule has 11 nitrogen and oxygen atoms in total. The normalized spacial score (nSPS) is 17.1. The standard InChI is InChI=1S/C27H27N7O4/c1-15-20(32-26(35)18-5-3-4-6-19(18)27(36)37)7-8-21(30-15)25-24(16(2)34-38-25)33-23-14-29-13-22(31-23)17-9-11-28-12-10-17/h7-14,18-19H,3-6H2,1-2H3,(H,31,33)(H,32,35)(H,36,37). The van der Waals surface area contributed by atoms with E-state index in [4.69, 9.17) is 4.52 Å². The Morgan fingerprint density at radius 2 is 1.68 bits per heavy atom. The molecule has 1 saturated carbocycles. The van der Waals surface area contributed by atoms with Crippen molar-refractivity contribution < 1.29 is 19.2 Å². The van der Waals surface area contributed by atoms with Gasteiger partial charge in [-0.05, 0) is 51.0 Å². The van der Waals surface area contributed by atoms with Gasteiger partial charge in [0.1, 0.15) is 22.9 Å². The lowest BCUT2D eigenvalue weighted by Crippen LogP contribution is -2.36. The van der Waals surface area contributed by atoms with Crippen LogP contribution in [0.25, 0.3) is 22.7 Å². The third-order valence-electron chi connectivity index (χ3n) is 6.72. The van der Waals surface area contributed by atoms with Crippen LogP contribution >= 0.6 is 0 Å². The first kappa shape index (κ1) is 25.0. The summed E-state index contributed by atoms with van der Waals surface area (Å²) in [6.45, 7) is 3.58. The maximum atomic E-state index is 12.9. The van der Waals surface area contributed by atoms with Crippen LogP contribution < -0.4 is 10.6 Å². The number of hydrogen-bond donors (Lipinski definition) is 3. The van der Waals surface area contributed by atoms with Crippen molar-refractivity contribution in [2.24, 2.45) is 11.8 Å². The number of nitrogens with one attached hydrogen (secondary N) is 2. The van der Waals surface area contributed by atoms with Gasteiger partial charge in [-0.3, -0.25) is 19.6 Å². The van der Waals surface area contributed by atoms with E-state index in [2.05, 4.69) is 35.7 Å². The van der Waals surface area contributed by atoms with Crippen LogP contribution in [0, 0.1) is 25.7 Å². The molecular weight excluding hydrogens is 486 g/mol. The van der Waals surface area contributed by atoms with Crippen molar-refractivity contribution in [2.75, 3.05) is 10.6 Å². The van der Waals surface area contributed by atoms with Crippen LogP contribution in [-0.4, -0.2) is 42.1 Å². The average molecular weight is 514 g/mol. The van der Waals surface area contributed by atoms with E-state index in [0.717, 1.165) is 18.4 Å². The van der Waals surface area contributed by atoms with E-state index in [0.29, 0.717) is 58.6 Å². The monoisotopic (exact) mass is 513 g/mol. The molecule has 4 aromatic heterocycles. The molecule has 0 spiro atoms. The molecule has 1 aliphatic rings. The van der Waals surface area contributed by atoms with Crippen molar-refractivity contribution in [3.63, 3.8) is 0 Å². The molecule has 4 heterocycles. The topological polar surface area (TPSA) is 156 Å². The zero-order valence-electron chi connectivity index (χ0n) is 21.0. The molecule has 0 bridgehead atoms. The largest absolute Gasteiger partial charge is 0.481 e. The third kappa shape index (κ3) is 5.22. The van der Waals surface area contributed by atoms with E-state index in [9.17, 15) is 14.7 Å². The van der Waals surface area contributed by atoms with Gasteiger partial charge in [-0.2, -0.15) is 0 Å². The van der Waals surface area contributed by atoms with Gasteiger partial charge in [0.15, 0.2) is 0 Å². The molecule has 3 N–H and O–H groups in total. The second kappa shape index (κ2) is 10.8. The highest BCUT2D eigenvalue weighted by Gasteiger charge is 2.36. The molecule has 1 fully saturated rings. The lowest BCUT2D eigenvalue weighted by Gasteiger charge is -2.27. The van der Waals surface area contributed by atoms with Crippen LogP contribution in [0.4, 0.5) is 17.2 Å². The van der Waals surface area contributed by atoms with Crippen molar-refractivity contribution in [2.45, 2.75) is 39.5 Å². The van der Waals surface area contributed by atoms with Gasteiger partial charge >= 0.3 is 5.97 Å². The van der Waals surface area contributed by atoms with Gasteiger partial charge in [-0.25, -0.2) is 9.97 Å². The van der Waals surface area contributed by atoms with E-state index in [1.807, 2.05) is 12.1 Å². The van der Waals surface area contributed by atoms with Crippen LogP contribution in [0.3, 0.4) is 0 Å². The van der Waals surface area contributed by atoms with Crippen molar-refractivity contribution in [3.8, 4) is 22.7 Å². The molecule has 1 aliphatic carbocycles. The third-order valence-corrected chi connectivity index (χ3v) is 6.72. The molecule has 194 valence electrons.